The zero-order valence-corrected chi connectivity index (χ0v) is 17.7. The number of nitrogens with one attached hydrogen (secondary N) is 2. The molecule has 170 valence electrons. The zero-order chi connectivity index (χ0) is 23.1. The minimum atomic E-state index is -1.01. The van der Waals surface area contributed by atoms with Crippen LogP contribution in [-0.4, -0.2) is 67.3 Å². The highest BCUT2D eigenvalue weighted by Gasteiger charge is 2.45. The molecular formula is C22H25N3O7. The summed E-state index contributed by atoms with van der Waals surface area (Å²) in [7, 11) is 1.46. The molecule has 1 atom stereocenters. The smallest absolute Gasteiger partial charge is 0.266 e. The molecule has 1 saturated heterocycles. The summed E-state index contributed by atoms with van der Waals surface area (Å²) in [4.78, 5) is 61.5. The van der Waals surface area contributed by atoms with Crippen LogP contribution in [0, 0.1) is 0 Å². The molecule has 0 spiro atoms. The topological polar surface area (TPSA) is 131 Å². The van der Waals surface area contributed by atoms with Crippen LogP contribution in [0.2, 0.25) is 0 Å². The number of carbonyl (C=O) groups excluding carboxylic acids is 5. The lowest BCUT2D eigenvalue weighted by Crippen LogP contribution is -2.54. The first kappa shape index (κ1) is 23.1. The van der Waals surface area contributed by atoms with Crippen LogP contribution in [-0.2, 0) is 19.1 Å². The first-order chi connectivity index (χ1) is 15.4. The number of ether oxygens (including phenoxy) is 2. The van der Waals surface area contributed by atoms with Gasteiger partial charge in [-0.2, -0.15) is 0 Å². The van der Waals surface area contributed by atoms with Crippen LogP contribution in [0.1, 0.15) is 46.4 Å². The van der Waals surface area contributed by atoms with Gasteiger partial charge in [0.15, 0.2) is 0 Å². The summed E-state index contributed by atoms with van der Waals surface area (Å²) < 4.78 is 10.5. The number of hydrogen-bond acceptors (Lipinski definition) is 7. The van der Waals surface area contributed by atoms with Crippen molar-refractivity contribution in [2.75, 3.05) is 26.9 Å². The Hall–Kier alpha value is -3.53. The van der Waals surface area contributed by atoms with Crippen molar-refractivity contribution in [2.24, 2.45) is 0 Å². The molecule has 1 aromatic rings. The average molecular weight is 443 g/mol. The summed E-state index contributed by atoms with van der Waals surface area (Å²) >= 11 is 0. The lowest BCUT2D eigenvalue weighted by atomic mass is 10.0. The van der Waals surface area contributed by atoms with Crippen LogP contribution in [0.5, 0.6) is 5.75 Å². The monoisotopic (exact) mass is 443 g/mol. The van der Waals surface area contributed by atoms with E-state index in [0.717, 1.165) is 4.90 Å². The van der Waals surface area contributed by atoms with Crippen LogP contribution in [0.25, 0.3) is 0 Å². The van der Waals surface area contributed by atoms with Crippen molar-refractivity contribution < 1.29 is 33.4 Å². The Morgan fingerprint density at radius 1 is 1.19 bits per heavy atom. The number of amides is 5. The van der Waals surface area contributed by atoms with Gasteiger partial charge in [-0.1, -0.05) is 18.2 Å². The molecule has 32 heavy (non-hydrogen) atoms. The van der Waals surface area contributed by atoms with E-state index in [0.29, 0.717) is 19.4 Å². The Kier molecular flexibility index (Phi) is 7.72. The molecule has 3 rings (SSSR count). The maximum absolute atomic E-state index is 13.0. The summed E-state index contributed by atoms with van der Waals surface area (Å²) in [6.45, 7) is 0.808. The van der Waals surface area contributed by atoms with Gasteiger partial charge < -0.3 is 14.8 Å². The molecule has 0 saturated carbocycles. The highest BCUT2D eigenvalue weighted by molar-refractivity contribution is 6.24. The van der Waals surface area contributed by atoms with Crippen LogP contribution in [0.4, 0.5) is 0 Å². The fourth-order valence-electron chi connectivity index (χ4n) is 3.55. The van der Waals surface area contributed by atoms with E-state index < -0.39 is 29.7 Å². The van der Waals surface area contributed by atoms with Crippen molar-refractivity contribution in [2.45, 2.75) is 31.7 Å². The number of imide groups is 2. The summed E-state index contributed by atoms with van der Waals surface area (Å²) in [6, 6.07) is 3.73. The number of fused-ring (bicyclic) bond motifs is 1. The third-order valence-corrected chi connectivity index (χ3v) is 5.05. The predicted octanol–water partition coefficient (Wildman–Crippen LogP) is 0.566. The van der Waals surface area contributed by atoms with Crippen molar-refractivity contribution >= 4 is 29.5 Å². The van der Waals surface area contributed by atoms with E-state index in [2.05, 4.69) is 10.6 Å². The van der Waals surface area contributed by atoms with Crippen LogP contribution < -0.4 is 15.4 Å². The van der Waals surface area contributed by atoms with Gasteiger partial charge in [-0.15, -0.1) is 0 Å². The van der Waals surface area contributed by atoms with E-state index in [1.807, 2.05) is 12.2 Å². The van der Waals surface area contributed by atoms with Crippen LogP contribution >= 0.6 is 0 Å². The number of piperidine rings is 1. The number of rotatable bonds is 10. The fourth-order valence-corrected chi connectivity index (χ4v) is 3.55. The highest BCUT2D eigenvalue weighted by atomic mass is 16.5. The second-order valence-electron chi connectivity index (χ2n) is 7.31. The molecule has 0 aliphatic carbocycles. The number of nitrogens with zero attached hydrogens (tertiary/aromatic N) is 1. The van der Waals surface area contributed by atoms with E-state index in [1.165, 1.54) is 13.2 Å². The second-order valence-corrected chi connectivity index (χ2v) is 7.31. The molecule has 2 aliphatic rings. The molecule has 10 heteroatoms. The maximum atomic E-state index is 13.0. The first-order valence-electron chi connectivity index (χ1n) is 10.3. The summed E-state index contributed by atoms with van der Waals surface area (Å²) in [6.07, 6.45) is 5.19. The van der Waals surface area contributed by atoms with Crippen molar-refractivity contribution in [1.82, 2.24) is 15.5 Å². The van der Waals surface area contributed by atoms with Crippen molar-refractivity contribution in [3.05, 3.63) is 41.5 Å². The quantitative estimate of drug-likeness (QED) is 0.307. The molecule has 0 radical (unpaired) electrons. The maximum Gasteiger partial charge on any atom is 0.266 e. The Bertz CT molecular complexity index is 957. The predicted molar refractivity (Wildman–Crippen MR) is 112 cm³/mol. The number of benzene rings is 1. The molecule has 2 N–H and O–H groups in total. The Balaban J connectivity index is 1.55. The second kappa shape index (κ2) is 10.7. The first-order valence-corrected chi connectivity index (χ1v) is 10.3. The molecule has 1 unspecified atom stereocenters. The third-order valence-electron chi connectivity index (χ3n) is 5.05. The molecule has 0 aromatic heterocycles. The lowest BCUT2D eigenvalue weighted by Gasteiger charge is -2.27. The van der Waals surface area contributed by atoms with Crippen molar-refractivity contribution in [3.8, 4) is 5.75 Å². The van der Waals surface area contributed by atoms with Crippen molar-refractivity contribution in [3.63, 3.8) is 0 Å². The van der Waals surface area contributed by atoms with Gasteiger partial charge in [-0.05, 0) is 31.4 Å². The van der Waals surface area contributed by atoms with Gasteiger partial charge in [0, 0.05) is 20.1 Å². The molecule has 0 bridgehead atoms. The average Bonchev–Trinajstić information content (AvgIpc) is 3.01. The Labute approximate surface area is 184 Å². The fraction of sp³-hybridized carbons (Fsp3) is 0.409. The number of methoxy groups -OCH3 is 1. The molecule has 5 amide bonds. The summed E-state index contributed by atoms with van der Waals surface area (Å²) in [5.41, 5.74) is 0.312. The van der Waals surface area contributed by atoms with Gasteiger partial charge >= 0.3 is 0 Å². The van der Waals surface area contributed by atoms with Crippen molar-refractivity contribution in [1.29, 1.82) is 0 Å². The van der Waals surface area contributed by atoms with Gasteiger partial charge in [0.2, 0.25) is 17.7 Å². The minimum Gasteiger partial charge on any atom is -0.492 e. The van der Waals surface area contributed by atoms with E-state index in [4.69, 9.17) is 9.47 Å². The van der Waals surface area contributed by atoms with E-state index in [-0.39, 0.29) is 48.8 Å². The largest absolute Gasteiger partial charge is 0.492 e. The van der Waals surface area contributed by atoms with Gasteiger partial charge in [-0.3, -0.25) is 34.2 Å². The van der Waals surface area contributed by atoms with Gasteiger partial charge in [0.05, 0.1) is 17.7 Å². The van der Waals surface area contributed by atoms with Crippen LogP contribution in [0.3, 0.4) is 0 Å². The molecule has 1 fully saturated rings. The van der Waals surface area contributed by atoms with E-state index in [1.54, 1.807) is 12.1 Å². The number of hydrogen-bond donors (Lipinski definition) is 2. The lowest BCUT2D eigenvalue weighted by molar-refractivity contribution is -0.136. The van der Waals surface area contributed by atoms with Gasteiger partial charge in [-0.25, -0.2) is 0 Å². The molecular weight excluding hydrogens is 418 g/mol. The zero-order valence-electron chi connectivity index (χ0n) is 17.7. The highest BCUT2D eigenvalue weighted by Crippen LogP contribution is 2.33. The minimum absolute atomic E-state index is 0.0289. The molecule has 1 aromatic carbocycles. The number of carbonyl (C=O) groups is 5. The normalized spacial score (nSPS) is 18.2. The standard InChI is InChI=1S/C22H25N3O7/c1-31-13-18(27)23-11-4-2-3-5-12-32-16-8-6-7-14-19(16)22(30)25(21(14)29)15-9-10-17(26)24-20(15)28/h2-3,6-8,15H,4-5,9-13H2,1H3,(H,23,27)(H,24,26,28)/b3-2+. The summed E-state index contributed by atoms with van der Waals surface area (Å²) in [5, 5.41) is 4.88. The van der Waals surface area contributed by atoms with E-state index >= 15 is 0 Å². The summed E-state index contributed by atoms with van der Waals surface area (Å²) in [5.74, 6) is -2.14. The third kappa shape index (κ3) is 5.20. The molecule has 10 nitrogen and oxygen atoms in total. The molecule has 2 heterocycles. The van der Waals surface area contributed by atoms with Gasteiger partial charge in [0.1, 0.15) is 18.4 Å². The van der Waals surface area contributed by atoms with Crippen LogP contribution in [0.15, 0.2) is 30.4 Å². The Morgan fingerprint density at radius 3 is 2.72 bits per heavy atom. The van der Waals surface area contributed by atoms with Gasteiger partial charge in [0.25, 0.3) is 11.8 Å². The SMILES string of the molecule is COCC(=O)NCC/C=C/CCOc1cccc2c1C(=O)N(C1CCC(=O)NC1=O)C2=O. The van der Waals surface area contributed by atoms with E-state index in [9.17, 15) is 24.0 Å². The Morgan fingerprint density at radius 2 is 1.97 bits per heavy atom. The molecule has 2 aliphatic heterocycles.